The number of carbonyl (C=O) groups excluding carboxylic acids is 2. The molecule has 1 atom stereocenters. The van der Waals surface area contributed by atoms with E-state index in [-0.39, 0.29) is 17.9 Å². The molecule has 0 radical (unpaired) electrons. The van der Waals surface area contributed by atoms with Gasteiger partial charge in [-0.3, -0.25) is 9.59 Å². The summed E-state index contributed by atoms with van der Waals surface area (Å²) in [6, 6.07) is 17.4. The minimum absolute atomic E-state index is 0.0326. The molecule has 28 heavy (non-hydrogen) atoms. The van der Waals surface area contributed by atoms with Crippen molar-refractivity contribution in [1.29, 1.82) is 0 Å². The third-order valence-electron chi connectivity index (χ3n) is 4.18. The molecule has 0 aliphatic rings. The van der Waals surface area contributed by atoms with Crippen LogP contribution in [-0.4, -0.2) is 34.6 Å². The van der Waals surface area contributed by atoms with Gasteiger partial charge in [-0.25, -0.2) is 0 Å². The summed E-state index contributed by atoms with van der Waals surface area (Å²) in [7, 11) is 0. The van der Waals surface area contributed by atoms with Crippen LogP contribution < -0.4 is 5.32 Å². The van der Waals surface area contributed by atoms with Crippen LogP contribution in [0.2, 0.25) is 0 Å². The first-order valence-electron chi connectivity index (χ1n) is 9.32. The summed E-state index contributed by atoms with van der Waals surface area (Å²) in [5.41, 5.74) is 2.17. The lowest BCUT2D eigenvalue weighted by Crippen LogP contribution is -2.49. The summed E-state index contributed by atoms with van der Waals surface area (Å²) in [5, 5.41) is 2.91. The third kappa shape index (κ3) is 7.32. The molecule has 0 fully saturated rings. The van der Waals surface area contributed by atoms with Crippen LogP contribution in [0, 0.1) is 0 Å². The molecule has 0 aromatic heterocycles. The smallest absolute Gasteiger partial charge is 0.242 e. The lowest BCUT2D eigenvalue weighted by Gasteiger charge is -2.29. The zero-order valence-corrected chi connectivity index (χ0v) is 18.9. The summed E-state index contributed by atoms with van der Waals surface area (Å²) in [4.78, 5) is 27.2. The molecule has 150 valence electrons. The molecule has 0 heterocycles. The Labute approximate surface area is 180 Å². The maximum Gasteiger partial charge on any atom is 0.242 e. The first kappa shape index (κ1) is 22.5. The van der Waals surface area contributed by atoms with E-state index in [0.717, 1.165) is 15.8 Å². The molecular formula is C22H27BrN2O2S. The van der Waals surface area contributed by atoms with Gasteiger partial charge in [0.05, 0.1) is 5.75 Å². The molecule has 0 saturated carbocycles. The van der Waals surface area contributed by atoms with Gasteiger partial charge >= 0.3 is 0 Å². The van der Waals surface area contributed by atoms with Crippen LogP contribution in [0.15, 0.2) is 59.1 Å². The number of hydrogen-bond donors (Lipinski definition) is 1. The zero-order valence-electron chi connectivity index (χ0n) is 16.5. The van der Waals surface area contributed by atoms with E-state index in [9.17, 15) is 9.59 Å². The molecule has 2 aromatic rings. The summed E-state index contributed by atoms with van der Waals surface area (Å²) >= 11 is 5.04. The standard InChI is InChI=1S/C22H27BrN2O2S/c1-16(2)24-22(27)17(3)25(13-19-10-7-11-20(23)12-19)21(26)15-28-14-18-8-5-4-6-9-18/h4-12,16-17H,13-15H2,1-3H3,(H,24,27)/t17-/m0/s1. The Hall–Kier alpha value is -1.79. The number of carbonyl (C=O) groups is 2. The number of halogens is 1. The Morgan fingerprint density at radius 2 is 1.71 bits per heavy atom. The van der Waals surface area contributed by atoms with Crippen LogP contribution in [0.4, 0.5) is 0 Å². The Kier molecular flexibility index (Phi) is 9.06. The summed E-state index contributed by atoms with van der Waals surface area (Å²) < 4.78 is 0.954. The van der Waals surface area contributed by atoms with Crippen LogP contribution in [0.5, 0.6) is 0 Å². The average Bonchev–Trinajstić information content (AvgIpc) is 2.66. The number of thioether (sulfide) groups is 1. The van der Waals surface area contributed by atoms with Crippen molar-refractivity contribution in [2.24, 2.45) is 0 Å². The van der Waals surface area contributed by atoms with Gasteiger partial charge in [0.1, 0.15) is 6.04 Å². The second-order valence-electron chi connectivity index (χ2n) is 6.97. The van der Waals surface area contributed by atoms with E-state index in [0.29, 0.717) is 12.3 Å². The summed E-state index contributed by atoms with van der Waals surface area (Å²) in [6.07, 6.45) is 0. The van der Waals surface area contributed by atoms with Crippen LogP contribution in [0.25, 0.3) is 0 Å². The van der Waals surface area contributed by atoms with E-state index < -0.39 is 6.04 Å². The van der Waals surface area contributed by atoms with Crippen LogP contribution in [-0.2, 0) is 21.9 Å². The van der Waals surface area contributed by atoms with Crippen molar-refractivity contribution in [1.82, 2.24) is 10.2 Å². The molecule has 0 aliphatic carbocycles. The van der Waals surface area contributed by atoms with E-state index in [2.05, 4.69) is 33.4 Å². The van der Waals surface area contributed by atoms with Gasteiger partial charge in [-0.15, -0.1) is 11.8 Å². The highest BCUT2D eigenvalue weighted by Crippen LogP contribution is 2.18. The van der Waals surface area contributed by atoms with E-state index in [1.54, 1.807) is 23.6 Å². The van der Waals surface area contributed by atoms with Crippen molar-refractivity contribution in [2.75, 3.05) is 5.75 Å². The normalized spacial score (nSPS) is 11.9. The lowest BCUT2D eigenvalue weighted by molar-refractivity contribution is -0.138. The maximum atomic E-state index is 13.0. The van der Waals surface area contributed by atoms with E-state index >= 15 is 0 Å². The number of benzene rings is 2. The second kappa shape index (κ2) is 11.3. The molecule has 6 heteroatoms. The number of nitrogens with one attached hydrogen (secondary N) is 1. The molecule has 4 nitrogen and oxygen atoms in total. The zero-order chi connectivity index (χ0) is 20.5. The molecule has 2 aromatic carbocycles. The SMILES string of the molecule is CC(C)NC(=O)[C@H](C)N(Cc1cccc(Br)c1)C(=O)CSCc1ccccc1. The number of nitrogens with zero attached hydrogens (tertiary/aromatic N) is 1. The monoisotopic (exact) mass is 462 g/mol. The molecule has 2 rings (SSSR count). The predicted molar refractivity (Wildman–Crippen MR) is 120 cm³/mol. The summed E-state index contributed by atoms with van der Waals surface area (Å²) in [5.74, 6) is 0.935. The molecule has 0 saturated heterocycles. The van der Waals surface area contributed by atoms with Crippen molar-refractivity contribution in [3.63, 3.8) is 0 Å². The molecule has 0 aliphatic heterocycles. The number of amides is 2. The Morgan fingerprint density at radius 3 is 2.36 bits per heavy atom. The first-order valence-corrected chi connectivity index (χ1v) is 11.3. The van der Waals surface area contributed by atoms with Crippen molar-refractivity contribution < 1.29 is 9.59 Å². The van der Waals surface area contributed by atoms with Crippen molar-refractivity contribution >= 4 is 39.5 Å². The van der Waals surface area contributed by atoms with Gasteiger partial charge in [0.25, 0.3) is 0 Å². The van der Waals surface area contributed by atoms with Crippen LogP contribution in [0.1, 0.15) is 31.9 Å². The highest BCUT2D eigenvalue weighted by Gasteiger charge is 2.26. The molecule has 0 bridgehead atoms. The minimum Gasteiger partial charge on any atom is -0.352 e. The van der Waals surface area contributed by atoms with Gasteiger partial charge < -0.3 is 10.2 Å². The molecule has 1 N–H and O–H groups in total. The Bertz CT molecular complexity index is 783. The van der Waals surface area contributed by atoms with Gasteiger partial charge in [0, 0.05) is 22.8 Å². The molecular weight excluding hydrogens is 436 g/mol. The fourth-order valence-corrected chi connectivity index (χ4v) is 4.05. The highest BCUT2D eigenvalue weighted by molar-refractivity contribution is 9.10. The van der Waals surface area contributed by atoms with Crippen LogP contribution in [0.3, 0.4) is 0 Å². The van der Waals surface area contributed by atoms with Gasteiger partial charge in [0.15, 0.2) is 0 Å². The van der Waals surface area contributed by atoms with Gasteiger partial charge in [-0.05, 0) is 44.0 Å². The molecule has 0 spiro atoms. The van der Waals surface area contributed by atoms with E-state index in [1.165, 1.54) is 5.56 Å². The molecule has 2 amide bonds. The van der Waals surface area contributed by atoms with Gasteiger partial charge in [-0.2, -0.15) is 0 Å². The van der Waals surface area contributed by atoms with Crippen molar-refractivity contribution in [3.8, 4) is 0 Å². The quantitative estimate of drug-likeness (QED) is 0.590. The highest BCUT2D eigenvalue weighted by atomic mass is 79.9. The van der Waals surface area contributed by atoms with Gasteiger partial charge in [-0.1, -0.05) is 58.4 Å². The summed E-state index contributed by atoms with van der Waals surface area (Å²) in [6.45, 7) is 6.02. The third-order valence-corrected chi connectivity index (χ3v) is 5.66. The van der Waals surface area contributed by atoms with Crippen molar-refractivity contribution in [2.45, 2.75) is 45.2 Å². The topological polar surface area (TPSA) is 49.4 Å². The fraction of sp³-hybridized carbons (Fsp3) is 0.364. The lowest BCUT2D eigenvalue weighted by atomic mass is 10.1. The average molecular weight is 463 g/mol. The number of hydrogen-bond acceptors (Lipinski definition) is 3. The number of rotatable bonds is 9. The predicted octanol–water partition coefficient (Wildman–Crippen LogP) is 4.62. The molecule has 0 unspecified atom stereocenters. The minimum atomic E-state index is -0.536. The van der Waals surface area contributed by atoms with E-state index in [4.69, 9.17) is 0 Å². The first-order chi connectivity index (χ1) is 13.4. The van der Waals surface area contributed by atoms with E-state index in [1.807, 2.05) is 56.3 Å². The Morgan fingerprint density at radius 1 is 1.04 bits per heavy atom. The fourth-order valence-electron chi connectivity index (χ4n) is 2.73. The van der Waals surface area contributed by atoms with Crippen LogP contribution >= 0.6 is 27.7 Å². The second-order valence-corrected chi connectivity index (χ2v) is 8.87. The van der Waals surface area contributed by atoms with Crippen molar-refractivity contribution in [3.05, 3.63) is 70.2 Å². The Balaban J connectivity index is 2.07. The maximum absolute atomic E-state index is 13.0. The largest absolute Gasteiger partial charge is 0.352 e. The van der Waals surface area contributed by atoms with Gasteiger partial charge in [0.2, 0.25) is 11.8 Å².